The third-order valence-electron chi connectivity index (χ3n) is 3.42. The molecule has 0 saturated heterocycles. The molecule has 1 aromatic heterocycles. The van der Waals surface area contributed by atoms with Crippen molar-refractivity contribution in [2.24, 2.45) is 0 Å². The molecule has 0 aliphatic rings. The second kappa shape index (κ2) is 5.85. The van der Waals surface area contributed by atoms with Gasteiger partial charge in [-0.1, -0.05) is 24.3 Å². The molecule has 0 fully saturated rings. The van der Waals surface area contributed by atoms with Crippen LogP contribution in [0, 0.1) is 23.0 Å². The maximum atomic E-state index is 13.4. The highest BCUT2D eigenvalue weighted by molar-refractivity contribution is 5.75. The molecule has 1 heterocycles. The second-order valence-corrected chi connectivity index (χ2v) is 4.93. The third-order valence-corrected chi connectivity index (χ3v) is 3.42. The minimum absolute atomic E-state index is 0.115. The molecule has 0 amide bonds. The molecular formula is C18H10F2N2O. The fourth-order valence-electron chi connectivity index (χ4n) is 2.37. The molecule has 5 heteroatoms. The minimum Gasteiger partial charge on any atom is -0.321 e. The van der Waals surface area contributed by atoms with E-state index in [-0.39, 0.29) is 5.56 Å². The van der Waals surface area contributed by atoms with Crippen molar-refractivity contribution >= 4 is 0 Å². The van der Waals surface area contributed by atoms with Gasteiger partial charge in [0.15, 0.2) is 0 Å². The number of aromatic nitrogens is 1. The molecule has 1 N–H and O–H groups in total. The molecule has 2 aromatic carbocycles. The van der Waals surface area contributed by atoms with Gasteiger partial charge in [0.2, 0.25) is 0 Å². The van der Waals surface area contributed by atoms with Gasteiger partial charge in [-0.3, -0.25) is 4.79 Å². The Morgan fingerprint density at radius 1 is 0.913 bits per heavy atom. The Morgan fingerprint density at radius 2 is 1.52 bits per heavy atom. The molecule has 0 bridgehead atoms. The largest absolute Gasteiger partial charge is 0.321 e. The summed E-state index contributed by atoms with van der Waals surface area (Å²) in [5.74, 6) is -0.918. The summed E-state index contributed by atoms with van der Waals surface area (Å²) in [6.07, 6.45) is 0. The summed E-state index contributed by atoms with van der Waals surface area (Å²) in [7, 11) is 0. The van der Waals surface area contributed by atoms with Gasteiger partial charge in [0, 0.05) is 16.8 Å². The van der Waals surface area contributed by atoms with Crippen LogP contribution in [0.5, 0.6) is 0 Å². The van der Waals surface area contributed by atoms with E-state index >= 15 is 0 Å². The first-order valence-corrected chi connectivity index (χ1v) is 6.78. The summed E-state index contributed by atoms with van der Waals surface area (Å²) in [5, 5.41) is 9.21. The first-order chi connectivity index (χ1) is 11.1. The summed E-state index contributed by atoms with van der Waals surface area (Å²) in [6.45, 7) is 0. The maximum Gasteiger partial charge on any atom is 0.266 e. The van der Waals surface area contributed by atoms with Crippen LogP contribution in [0.4, 0.5) is 8.78 Å². The van der Waals surface area contributed by atoms with Crippen LogP contribution in [-0.2, 0) is 0 Å². The Kier molecular flexibility index (Phi) is 3.73. The first kappa shape index (κ1) is 14.7. The van der Waals surface area contributed by atoms with Gasteiger partial charge in [-0.2, -0.15) is 5.26 Å². The van der Waals surface area contributed by atoms with E-state index in [2.05, 4.69) is 4.98 Å². The van der Waals surface area contributed by atoms with Crippen LogP contribution in [0.3, 0.4) is 0 Å². The number of halogens is 2. The monoisotopic (exact) mass is 308 g/mol. The lowest BCUT2D eigenvalue weighted by atomic mass is 9.99. The van der Waals surface area contributed by atoms with Crippen LogP contribution < -0.4 is 5.56 Å². The van der Waals surface area contributed by atoms with E-state index in [0.717, 1.165) is 0 Å². The minimum atomic E-state index is -0.603. The average Bonchev–Trinajstić information content (AvgIpc) is 2.54. The van der Waals surface area contributed by atoms with E-state index in [0.29, 0.717) is 22.4 Å². The highest BCUT2D eigenvalue weighted by Crippen LogP contribution is 2.26. The van der Waals surface area contributed by atoms with E-state index < -0.39 is 17.2 Å². The van der Waals surface area contributed by atoms with Crippen molar-refractivity contribution in [1.29, 1.82) is 5.26 Å². The van der Waals surface area contributed by atoms with E-state index in [9.17, 15) is 18.8 Å². The van der Waals surface area contributed by atoms with E-state index in [1.54, 1.807) is 18.2 Å². The number of H-pyrrole nitrogens is 1. The van der Waals surface area contributed by atoms with Gasteiger partial charge in [-0.15, -0.1) is 0 Å². The molecular weight excluding hydrogens is 298 g/mol. The number of rotatable bonds is 2. The van der Waals surface area contributed by atoms with Gasteiger partial charge in [0.1, 0.15) is 23.3 Å². The molecule has 0 aliphatic carbocycles. The van der Waals surface area contributed by atoms with Crippen LogP contribution in [0.25, 0.3) is 22.4 Å². The van der Waals surface area contributed by atoms with Crippen molar-refractivity contribution in [3.8, 4) is 28.5 Å². The lowest BCUT2D eigenvalue weighted by molar-refractivity contribution is 0.628. The number of benzene rings is 2. The van der Waals surface area contributed by atoms with Crippen LogP contribution >= 0.6 is 0 Å². The molecule has 3 rings (SSSR count). The fourth-order valence-corrected chi connectivity index (χ4v) is 2.37. The zero-order chi connectivity index (χ0) is 16.4. The third kappa shape index (κ3) is 2.87. The van der Waals surface area contributed by atoms with Crippen molar-refractivity contribution in [3.63, 3.8) is 0 Å². The number of nitriles is 1. The molecule has 0 atom stereocenters. The fraction of sp³-hybridized carbons (Fsp3) is 0. The summed E-state index contributed by atoms with van der Waals surface area (Å²) >= 11 is 0. The first-order valence-electron chi connectivity index (χ1n) is 6.78. The highest BCUT2D eigenvalue weighted by Gasteiger charge is 2.13. The molecule has 112 valence electrons. The summed E-state index contributed by atoms with van der Waals surface area (Å²) in [5.41, 5.74) is 0.807. The molecule has 0 saturated carbocycles. The van der Waals surface area contributed by atoms with Gasteiger partial charge in [-0.25, -0.2) is 8.78 Å². The van der Waals surface area contributed by atoms with Crippen LogP contribution in [0.15, 0.2) is 59.4 Å². The normalized spacial score (nSPS) is 10.3. The van der Waals surface area contributed by atoms with Crippen LogP contribution in [0.1, 0.15) is 5.56 Å². The Bertz CT molecular complexity index is 987. The molecule has 0 radical (unpaired) electrons. The van der Waals surface area contributed by atoms with E-state index in [1.165, 1.54) is 36.4 Å². The van der Waals surface area contributed by atoms with Gasteiger partial charge in [0.25, 0.3) is 5.56 Å². The van der Waals surface area contributed by atoms with E-state index in [4.69, 9.17) is 0 Å². The van der Waals surface area contributed by atoms with Gasteiger partial charge >= 0.3 is 0 Å². The smallest absolute Gasteiger partial charge is 0.266 e. The van der Waals surface area contributed by atoms with Crippen molar-refractivity contribution < 1.29 is 8.78 Å². The topological polar surface area (TPSA) is 56.6 Å². The summed E-state index contributed by atoms with van der Waals surface area (Å²) in [6, 6.07) is 14.7. The zero-order valence-corrected chi connectivity index (χ0v) is 11.8. The Labute approximate surface area is 130 Å². The zero-order valence-electron chi connectivity index (χ0n) is 11.8. The standard InChI is InChI=1S/C18H10F2N2O/c19-13-5-1-3-11(7-13)15-9-17(22-18(23)16(15)10-21)12-4-2-6-14(20)8-12/h1-9H,(H,22,23). The Morgan fingerprint density at radius 3 is 2.13 bits per heavy atom. The van der Waals surface area contributed by atoms with Crippen molar-refractivity contribution in [2.45, 2.75) is 0 Å². The van der Waals surface area contributed by atoms with Crippen LogP contribution in [-0.4, -0.2) is 4.98 Å². The van der Waals surface area contributed by atoms with Crippen molar-refractivity contribution in [1.82, 2.24) is 4.98 Å². The van der Waals surface area contributed by atoms with E-state index in [1.807, 2.05) is 6.07 Å². The molecule has 23 heavy (non-hydrogen) atoms. The van der Waals surface area contributed by atoms with Gasteiger partial charge in [0.05, 0.1) is 0 Å². The number of nitrogens with one attached hydrogen (secondary N) is 1. The number of hydrogen-bond acceptors (Lipinski definition) is 2. The molecule has 0 unspecified atom stereocenters. The average molecular weight is 308 g/mol. The number of aromatic amines is 1. The van der Waals surface area contributed by atoms with Crippen LogP contribution in [0.2, 0.25) is 0 Å². The maximum absolute atomic E-state index is 13.4. The SMILES string of the molecule is N#Cc1c(-c2cccc(F)c2)cc(-c2cccc(F)c2)[nH]c1=O. The molecule has 3 aromatic rings. The Hall–Kier alpha value is -3.26. The van der Waals surface area contributed by atoms with Gasteiger partial charge < -0.3 is 4.98 Å². The Balaban J connectivity index is 2.27. The van der Waals surface area contributed by atoms with Crippen molar-refractivity contribution in [2.75, 3.05) is 0 Å². The molecule has 0 spiro atoms. The summed E-state index contributed by atoms with van der Waals surface area (Å²) < 4.78 is 26.8. The van der Waals surface area contributed by atoms with Crippen molar-refractivity contribution in [3.05, 3.63) is 82.1 Å². The number of nitrogens with zero attached hydrogens (tertiary/aromatic N) is 1. The lowest BCUT2D eigenvalue weighted by Gasteiger charge is -2.08. The lowest BCUT2D eigenvalue weighted by Crippen LogP contribution is -2.12. The van der Waals surface area contributed by atoms with Gasteiger partial charge in [-0.05, 0) is 35.9 Å². The summed E-state index contributed by atoms with van der Waals surface area (Å²) in [4.78, 5) is 14.7. The predicted octanol–water partition coefficient (Wildman–Crippen LogP) is 3.86. The quantitative estimate of drug-likeness (QED) is 0.781. The molecule has 3 nitrogen and oxygen atoms in total. The predicted molar refractivity (Wildman–Crippen MR) is 82.6 cm³/mol. The molecule has 0 aliphatic heterocycles. The highest BCUT2D eigenvalue weighted by atomic mass is 19.1. The second-order valence-electron chi connectivity index (χ2n) is 4.93. The number of pyridine rings is 1. The number of hydrogen-bond donors (Lipinski definition) is 1.